The lowest BCUT2D eigenvalue weighted by Crippen LogP contribution is -2.28. The van der Waals surface area contributed by atoms with E-state index in [1.807, 2.05) is 7.05 Å². The molecule has 0 aromatic rings. The monoisotopic (exact) mass is 226 g/mol. The minimum Gasteiger partial charge on any atom is -0.342 e. The summed E-state index contributed by atoms with van der Waals surface area (Å²) in [5, 5.41) is 3.23. The lowest BCUT2D eigenvalue weighted by Gasteiger charge is -2.18. The number of carbonyl (C=O) groups is 1. The second-order valence-electron chi connectivity index (χ2n) is 5.03. The van der Waals surface area contributed by atoms with E-state index in [9.17, 15) is 4.79 Å². The summed E-state index contributed by atoms with van der Waals surface area (Å²) in [5.41, 5.74) is 0. The normalized spacial score (nSPS) is 22.8. The fourth-order valence-electron chi connectivity index (χ4n) is 2.40. The van der Waals surface area contributed by atoms with Gasteiger partial charge in [-0.2, -0.15) is 0 Å². The molecule has 1 aliphatic heterocycles. The highest BCUT2D eigenvalue weighted by molar-refractivity contribution is 5.78. The van der Waals surface area contributed by atoms with Crippen molar-refractivity contribution in [1.82, 2.24) is 10.2 Å². The van der Waals surface area contributed by atoms with Crippen LogP contribution < -0.4 is 5.32 Å². The SMILES string of the molecule is CCCC1CC(=O)N(CCCC(C)NC)C1. The zero-order valence-corrected chi connectivity index (χ0v) is 11.0. The van der Waals surface area contributed by atoms with Crippen molar-refractivity contribution < 1.29 is 4.79 Å². The van der Waals surface area contributed by atoms with Crippen LogP contribution in [0.4, 0.5) is 0 Å². The van der Waals surface area contributed by atoms with Crippen LogP contribution in [-0.2, 0) is 4.79 Å². The van der Waals surface area contributed by atoms with Gasteiger partial charge in [-0.1, -0.05) is 13.3 Å². The van der Waals surface area contributed by atoms with Crippen LogP contribution in [0.2, 0.25) is 0 Å². The third kappa shape index (κ3) is 4.12. The van der Waals surface area contributed by atoms with Crippen molar-refractivity contribution in [3.63, 3.8) is 0 Å². The number of nitrogens with one attached hydrogen (secondary N) is 1. The Bertz CT molecular complexity index is 218. The van der Waals surface area contributed by atoms with Gasteiger partial charge in [-0.15, -0.1) is 0 Å². The first-order valence-electron chi connectivity index (χ1n) is 6.62. The summed E-state index contributed by atoms with van der Waals surface area (Å²) in [7, 11) is 1.99. The summed E-state index contributed by atoms with van der Waals surface area (Å²) < 4.78 is 0. The Labute approximate surface area is 99.6 Å². The molecule has 1 N–H and O–H groups in total. The van der Waals surface area contributed by atoms with Gasteiger partial charge in [0.1, 0.15) is 0 Å². The lowest BCUT2D eigenvalue weighted by molar-refractivity contribution is -0.127. The first kappa shape index (κ1) is 13.5. The van der Waals surface area contributed by atoms with E-state index in [0.717, 1.165) is 32.4 Å². The van der Waals surface area contributed by atoms with E-state index < -0.39 is 0 Å². The molecule has 1 fully saturated rings. The van der Waals surface area contributed by atoms with Crippen LogP contribution in [0.25, 0.3) is 0 Å². The molecule has 0 radical (unpaired) electrons. The van der Waals surface area contributed by atoms with Gasteiger partial charge in [0, 0.05) is 25.6 Å². The van der Waals surface area contributed by atoms with Gasteiger partial charge >= 0.3 is 0 Å². The highest BCUT2D eigenvalue weighted by atomic mass is 16.2. The van der Waals surface area contributed by atoms with E-state index in [1.165, 1.54) is 12.8 Å². The third-order valence-corrected chi connectivity index (χ3v) is 3.55. The summed E-state index contributed by atoms with van der Waals surface area (Å²) in [6.07, 6.45) is 5.46. The summed E-state index contributed by atoms with van der Waals surface area (Å²) >= 11 is 0. The molecule has 1 rings (SSSR count). The number of amides is 1. The number of carbonyl (C=O) groups excluding carboxylic acids is 1. The zero-order valence-electron chi connectivity index (χ0n) is 11.0. The predicted molar refractivity (Wildman–Crippen MR) is 67.4 cm³/mol. The van der Waals surface area contributed by atoms with Crippen LogP contribution in [0.5, 0.6) is 0 Å². The molecule has 3 heteroatoms. The van der Waals surface area contributed by atoms with E-state index in [1.54, 1.807) is 0 Å². The maximum Gasteiger partial charge on any atom is 0.222 e. The van der Waals surface area contributed by atoms with Gasteiger partial charge in [0.05, 0.1) is 0 Å². The Morgan fingerprint density at radius 3 is 2.94 bits per heavy atom. The minimum atomic E-state index is 0.371. The molecule has 2 atom stereocenters. The average Bonchev–Trinajstić information content (AvgIpc) is 2.60. The molecule has 0 aromatic carbocycles. The maximum absolute atomic E-state index is 11.7. The molecule has 94 valence electrons. The third-order valence-electron chi connectivity index (χ3n) is 3.55. The zero-order chi connectivity index (χ0) is 12.0. The first-order chi connectivity index (χ1) is 7.67. The Morgan fingerprint density at radius 2 is 2.31 bits per heavy atom. The molecule has 0 spiro atoms. The van der Waals surface area contributed by atoms with Crippen LogP contribution in [-0.4, -0.2) is 37.0 Å². The molecule has 1 aliphatic rings. The van der Waals surface area contributed by atoms with Crippen LogP contribution in [0.3, 0.4) is 0 Å². The van der Waals surface area contributed by atoms with Crippen molar-refractivity contribution in [3.8, 4) is 0 Å². The fraction of sp³-hybridized carbons (Fsp3) is 0.923. The predicted octanol–water partition coefficient (Wildman–Crippen LogP) is 2.02. The van der Waals surface area contributed by atoms with Gasteiger partial charge in [-0.25, -0.2) is 0 Å². The molecule has 0 aliphatic carbocycles. The van der Waals surface area contributed by atoms with E-state index in [0.29, 0.717) is 17.9 Å². The van der Waals surface area contributed by atoms with Crippen LogP contribution in [0.1, 0.15) is 46.0 Å². The Morgan fingerprint density at radius 1 is 1.56 bits per heavy atom. The quantitative estimate of drug-likeness (QED) is 0.720. The van der Waals surface area contributed by atoms with E-state index in [4.69, 9.17) is 0 Å². The second-order valence-corrected chi connectivity index (χ2v) is 5.03. The molecule has 0 aromatic heterocycles. The summed E-state index contributed by atoms with van der Waals surface area (Å²) in [6, 6.07) is 0.559. The van der Waals surface area contributed by atoms with Gasteiger partial charge in [0.2, 0.25) is 5.91 Å². The second kappa shape index (κ2) is 6.89. The van der Waals surface area contributed by atoms with Crippen LogP contribution >= 0.6 is 0 Å². The molecule has 1 saturated heterocycles. The van der Waals surface area contributed by atoms with Crippen LogP contribution in [0, 0.1) is 5.92 Å². The fourth-order valence-corrected chi connectivity index (χ4v) is 2.40. The molecule has 16 heavy (non-hydrogen) atoms. The maximum atomic E-state index is 11.7. The molecule has 1 amide bonds. The van der Waals surface area contributed by atoms with E-state index >= 15 is 0 Å². The smallest absolute Gasteiger partial charge is 0.222 e. The topological polar surface area (TPSA) is 32.3 Å². The molecular weight excluding hydrogens is 200 g/mol. The number of hydrogen-bond acceptors (Lipinski definition) is 2. The van der Waals surface area contributed by atoms with Gasteiger partial charge in [0.15, 0.2) is 0 Å². The highest BCUT2D eigenvalue weighted by Gasteiger charge is 2.28. The van der Waals surface area contributed by atoms with Crippen molar-refractivity contribution in [3.05, 3.63) is 0 Å². The largest absolute Gasteiger partial charge is 0.342 e. The Kier molecular flexibility index (Phi) is 5.81. The molecule has 2 unspecified atom stereocenters. The van der Waals surface area contributed by atoms with Crippen LogP contribution in [0.15, 0.2) is 0 Å². The van der Waals surface area contributed by atoms with E-state index in [-0.39, 0.29) is 0 Å². The van der Waals surface area contributed by atoms with E-state index in [2.05, 4.69) is 24.1 Å². The summed E-state index contributed by atoms with van der Waals surface area (Å²) in [5.74, 6) is 0.995. The number of rotatable bonds is 7. The molecule has 1 heterocycles. The van der Waals surface area contributed by atoms with Crippen molar-refractivity contribution in [2.45, 2.75) is 52.0 Å². The standard InChI is InChI=1S/C13H26N2O/c1-4-6-12-9-13(16)15(10-12)8-5-7-11(2)14-3/h11-12,14H,4-10H2,1-3H3. The molecule has 3 nitrogen and oxygen atoms in total. The van der Waals surface area contributed by atoms with Gasteiger partial charge in [-0.3, -0.25) is 4.79 Å². The number of hydrogen-bond donors (Lipinski definition) is 1. The van der Waals surface area contributed by atoms with Crippen molar-refractivity contribution in [2.75, 3.05) is 20.1 Å². The Balaban J connectivity index is 2.20. The lowest BCUT2D eigenvalue weighted by atomic mass is 10.0. The molecule has 0 saturated carbocycles. The average molecular weight is 226 g/mol. The first-order valence-corrected chi connectivity index (χ1v) is 6.62. The summed E-state index contributed by atoms with van der Waals surface area (Å²) in [6.45, 7) is 6.33. The van der Waals surface area contributed by atoms with Gasteiger partial charge < -0.3 is 10.2 Å². The number of likely N-dealkylation sites (tertiary alicyclic amines) is 1. The van der Waals surface area contributed by atoms with Gasteiger partial charge in [-0.05, 0) is 39.2 Å². The highest BCUT2D eigenvalue weighted by Crippen LogP contribution is 2.22. The molecular formula is C13H26N2O. The minimum absolute atomic E-state index is 0.371. The van der Waals surface area contributed by atoms with Gasteiger partial charge in [0.25, 0.3) is 0 Å². The number of nitrogens with zero attached hydrogens (tertiary/aromatic N) is 1. The Hall–Kier alpha value is -0.570. The van der Waals surface area contributed by atoms with Crippen molar-refractivity contribution in [2.24, 2.45) is 5.92 Å². The van der Waals surface area contributed by atoms with Crippen molar-refractivity contribution in [1.29, 1.82) is 0 Å². The summed E-state index contributed by atoms with van der Waals surface area (Å²) in [4.78, 5) is 13.8. The van der Waals surface area contributed by atoms with Crippen molar-refractivity contribution >= 4 is 5.91 Å². The molecule has 0 bridgehead atoms.